The van der Waals surface area contributed by atoms with Gasteiger partial charge < -0.3 is 5.73 Å². The van der Waals surface area contributed by atoms with Crippen molar-refractivity contribution in [3.8, 4) is 0 Å². The van der Waals surface area contributed by atoms with Crippen LogP contribution in [0.25, 0.3) is 0 Å². The number of anilines is 2. The largest absolute Gasteiger partial charge is 0.399 e. The van der Waals surface area contributed by atoms with Gasteiger partial charge in [0.25, 0.3) is 10.0 Å². The zero-order chi connectivity index (χ0) is 15.8. The van der Waals surface area contributed by atoms with E-state index in [0.717, 1.165) is 0 Å². The van der Waals surface area contributed by atoms with Crippen molar-refractivity contribution in [2.75, 3.05) is 10.5 Å². The quantitative estimate of drug-likeness (QED) is 0.795. The summed E-state index contributed by atoms with van der Waals surface area (Å²) in [7, 11) is -3.83. The Morgan fingerprint density at radius 3 is 2.14 bits per heavy atom. The second kappa shape index (κ2) is 5.93. The first-order valence-electron chi connectivity index (χ1n) is 5.74. The van der Waals surface area contributed by atoms with Gasteiger partial charge in [0.15, 0.2) is 0 Å². The maximum atomic E-state index is 12.4. The SMILES string of the molecule is Cc1cc(S(=O)(=O)Nc2c(Cl)cc(Cl)cc2Cl)ccc1N. The number of nitrogens with two attached hydrogens (primary N) is 1. The van der Waals surface area contributed by atoms with Gasteiger partial charge in [0.05, 0.1) is 20.6 Å². The number of aryl methyl sites for hydroxylation is 1. The first-order valence-corrected chi connectivity index (χ1v) is 8.36. The number of nitrogen functional groups attached to an aromatic ring is 1. The van der Waals surface area contributed by atoms with Crippen LogP contribution in [0.3, 0.4) is 0 Å². The van der Waals surface area contributed by atoms with Crippen LogP contribution in [-0.2, 0) is 10.0 Å². The Kier molecular flexibility index (Phi) is 4.58. The fourth-order valence-corrected chi connectivity index (χ4v) is 3.86. The molecule has 0 spiro atoms. The van der Waals surface area contributed by atoms with Gasteiger partial charge in [-0.2, -0.15) is 0 Å². The molecule has 2 rings (SSSR count). The minimum Gasteiger partial charge on any atom is -0.399 e. The Morgan fingerprint density at radius 2 is 1.62 bits per heavy atom. The summed E-state index contributed by atoms with van der Waals surface area (Å²) < 4.78 is 27.1. The lowest BCUT2D eigenvalue weighted by Crippen LogP contribution is -2.14. The zero-order valence-electron chi connectivity index (χ0n) is 10.8. The van der Waals surface area contributed by atoms with E-state index in [1.54, 1.807) is 6.92 Å². The molecule has 8 heteroatoms. The second-order valence-corrected chi connectivity index (χ2v) is 7.30. The summed E-state index contributed by atoms with van der Waals surface area (Å²) in [5, 5.41) is 0.544. The molecular weight excluding hydrogens is 355 g/mol. The maximum absolute atomic E-state index is 12.4. The highest BCUT2D eigenvalue weighted by Crippen LogP contribution is 2.35. The minimum atomic E-state index is -3.83. The highest BCUT2D eigenvalue weighted by Gasteiger charge is 2.19. The van der Waals surface area contributed by atoms with E-state index < -0.39 is 10.0 Å². The van der Waals surface area contributed by atoms with Crippen molar-refractivity contribution >= 4 is 56.2 Å². The molecule has 21 heavy (non-hydrogen) atoms. The highest BCUT2D eigenvalue weighted by molar-refractivity contribution is 7.92. The molecule has 0 aliphatic carbocycles. The van der Waals surface area contributed by atoms with Crippen molar-refractivity contribution in [3.05, 3.63) is 51.0 Å². The minimum absolute atomic E-state index is 0.0660. The molecule has 0 unspecified atom stereocenters. The summed E-state index contributed by atoms with van der Waals surface area (Å²) >= 11 is 17.7. The van der Waals surface area contributed by atoms with Crippen LogP contribution in [0.15, 0.2) is 35.2 Å². The third kappa shape index (κ3) is 3.55. The molecule has 0 amide bonds. The summed E-state index contributed by atoms with van der Waals surface area (Å²) in [6, 6.07) is 7.20. The molecule has 2 aromatic rings. The zero-order valence-corrected chi connectivity index (χ0v) is 13.9. The highest BCUT2D eigenvalue weighted by atomic mass is 35.5. The Hall–Kier alpha value is -1.14. The molecule has 112 valence electrons. The molecule has 2 aromatic carbocycles. The van der Waals surface area contributed by atoms with E-state index in [2.05, 4.69) is 4.72 Å². The second-order valence-electron chi connectivity index (χ2n) is 4.37. The molecule has 0 saturated heterocycles. The Morgan fingerprint density at radius 1 is 1.05 bits per heavy atom. The van der Waals surface area contributed by atoms with Crippen LogP contribution in [0.4, 0.5) is 11.4 Å². The summed E-state index contributed by atoms with van der Waals surface area (Å²) in [6.45, 7) is 1.72. The van der Waals surface area contributed by atoms with Gasteiger partial charge in [-0.3, -0.25) is 4.72 Å². The molecule has 0 atom stereocenters. The monoisotopic (exact) mass is 364 g/mol. The van der Waals surface area contributed by atoms with Crippen LogP contribution in [0.1, 0.15) is 5.56 Å². The molecule has 0 saturated carbocycles. The summed E-state index contributed by atoms with van der Waals surface area (Å²) in [4.78, 5) is 0.0660. The van der Waals surface area contributed by atoms with Gasteiger partial charge in [-0.15, -0.1) is 0 Å². The van der Waals surface area contributed by atoms with E-state index in [-0.39, 0.29) is 20.6 Å². The van der Waals surface area contributed by atoms with Crippen molar-refractivity contribution in [2.24, 2.45) is 0 Å². The molecule has 0 aromatic heterocycles. The number of rotatable bonds is 3. The summed E-state index contributed by atoms with van der Waals surface area (Å²) in [5.74, 6) is 0. The van der Waals surface area contributed by atoms with Crippen molar-refractivity contribution in [1.82, 2.24) is 0 Å². The molecular formula is C13H11Cl3N2O2S. The summed E-state index contributed by atoms with van der Waals surface area (Å²) in [6.07, 6.45) is 0. The van der Waals surface area contributed by atoms with Crippen molar-refractivity contribution in [3.63, 3.8) is 0 Å². The van der Waals surface area contributed by atoms with Gasteiger partial charge >= 0.3 is 0 Å². The fraction of sp³-hybridized carbons (Fsp3) is 0.0769. The lowest BCUT2D eigenvalue weighted by Gasteiger charge is -2.12. The predicted octanol–water partition coefficient (Wildman–Crippen LogP) is 4.34. The van der Waals surface area contributed by atoms with E-state index >= 15 is 0 Å². The number of nitrogens with one attached hydrogen (secondary N) is 1. The molecule has 0 fully saturated rings. The third-order valence-corrected chi connectivity index (χ3v) is 4.96. The van der Waals surface area contributed by atoms with Gasteiger partial charge in [0.2, 0.25) is 0 Å². The van der Waals surface area contributed by atoms with E-state index in [4.69, 9.17) is 40.5 Å². The number of sulfonamides is 1. The van der Waals surface area contributed by atoms with Crippen molar-refractivity contribution in [1.29, 1.82) is 0 Å². The first-order chi connectivity index (χ1) is 9.70. The van der Waals surface area contributed by atoms with Crippen molar-refractivity contribution in [2.45, 2.75) is 11.8 Å². The number of hydrogen-bond donors (Lipinski definition) is 2. The number of halogens is 3. The summed E-state index contributed by atoms with van der Waals surface area (Å²) in [5.41, 5.74) is 6.93. The van der Waals surface area contributed by atoms with Gasteiger partial charge in [-0.05, 0) is 42.8 Å². The molecule has 0 bridgehead atoms. The molecule has 0 radical (unpaired) electrons. The number of hydrogen-bond acceptors (Lipinski definition) is 3. The Balaban J connectivity index is 2.44. The normalized spacial score (nSPS) is 11.4. The van der Waals surface area contributed by atoms with Crippen LogP contribution >= 0.6 is 34.8 Å². The average Bonchev–Trinajstić information content (AvgIpc) is 2.37. The van der Waals surface area contributed by atoms with Crippen LogP contribution in [0.5, 0.6) is 0 Å². The molecule has 0 heterocycles. The van der Waals surface area contributed by atoms with Crippen LogP contribution in [-0.4, -0.2) is 8.42 Å². The average molecular weight is 366 g/mol. The van der Waals surface area contributed by atoms with Crippen molar-refractivity contribution < 1.29 is 8.42 Å². The Bertz CT molecular complexity index is 784. The fourth-order valence-electron chi connectivity index (χ4n) is 1.65. The molecule has 4 nitrogen and oxygen atoms in total. The van der Waals surface area contributed by atoms with E-state index in [9.17, 15) is 8.42 Å². The lowest BCUT2D eigenvalue weighted by atomic mass is 10.2. The maximum Gasteiger partial charge on any atom is 0.261 e. The topological polar surface area (TPSA) is 72.2 Å². The van der Waals surface area contributed by atoms with E-state index in [0.29, 0.717) is 16.3 Å². The van der Waals surface area contributed by atoms with Crippen LogP contribution in [0.2, 0.25) is 15.1 Å². The van der Waals surface area contributed by atoms with E-state index in [1.807, 2.05) is 0 Å². The lowest BCUT2D eigenvalue weighted by molar-refractivity contribution is 0.601. The van der Waals surface area contributed by atoms with Gasteiger partial charge in [-0.1, -0.05) is 34.8 Å². The molecule has 0 aliphatic rings. The molecule has 0 aliphatic heterocycles. The standard InChI is InChI=1S/C13H11Cl3N2O2S/c1-7-4-9(2-3-12(7)17)21(19,20)18-13-10(15)5-8(14)6-11(13)16/h2-6,18H,17H2,1H3. The van der Waals surface area contributed by atoms with Gasteiger partial charge in [0.1, 0.15) is 0 Å². The van der Waals surface area contributed by atoms with E-state index in [1.165, 1.54) is 30.3 Å². The van der Waals surface area contributed by atoms with Gasteiger partial charge in [0, 0.05) is 10.7 Å². The smallest absolute Gasteiger partial charge is 0.261 e. The van der Waals surface area contributed by atoms with Crippen LogP contribution in [0, 0.1) is 6.92 Å². The number of benzene rings is 2. The van der Waals surface area contributed by atoms with Gasteiger partial charge in [-0.25, -0.2) is 8.42 Å². The third-order valence-electron chi connectivity index (χ3n) is 2.79. The molecule has 3 N–H and O–H groups in total. The van der Waals surface area contributed by atoms with Crippen LogP contribution < -0.4 is 10.5 Å². The first kappa shape index (κ1) is 16.2. The Labute approximate surface area is 137 Å². The predicted molar refractivity (Wildman–Crippen MR) is 87.9 cm³/mol.